The normalized spacial score (nSPS) is 11.9. The Bertz CT molecular complexity index is 984. The lowest BCUT2D eigenvalue weighted by Gasteiger charge is -1.99. The summed E-state index contributed by atoms with van der Waals surface area (Å²) in [7, 11) is 3.19. The van der Waals surface area contributed by atoms with Crippen LogP contribution >= 0.6 is 38.6 Å². The van der Waals surface area contributed by atoms with Crippen LogP contribution in [0.3, 0.4) is 0 Å². The monoisotopic (exact) mass is 410 g/mol. The summed E-state index contributed by atoms with van der Waals surface area (Å²) in [6.07, 6.45) is 0. The van der Waals surface area contributed by atoms with Gasteiger partial charge in [-0.15, -0.1) is 11.3 Å². The maximum Gasteiger partial charge on any atom is 0.337 e. The van der Waals surface area contributed by atoms with Crippen molar-refractivity contribution in [2.45, 2.75) is 0 Å². The van der Waals surface area contributed by atoms with E-state index in [1.165, 1.54) is 29.8 Å². The van der Waals surface area contributed by atoms with E-state index in [1.54, 1.807) is 18.2 Å². The highest BCUT2D eigenvalue weighted by molar-refractivity contribution is 9.11. The van der Waals surface area contributed by atoms with Crippen LogP contribution in [0.1, 0.15) is 20.0 Å². The minimum Gasteiger partial charge on any atom is -0.465 e. The van der Waals surface area contributed by atoms with E-state index in [0.29, 0.717) is 15.2 Å². The summed E-state index contributed by atoms with van der Waals surface area (Å²) < 4.78 is 8.32. The summed E-state index contributed by atoms with van der Waals surface area (Å²) in [5.74, 6) is -0.669. The van der Waals surface area contributed by atoms with Crippen molar-refractivity contribution < 1.29 is 14.3 Å². The van der Waals surface area contributed by atoms with E-state index in [0.717, 1.165) is 14.0 Å². The fourth-order valence-corrected chi connectivity index (χ4v) is 4.38. The zero-order valence-electron chi connectivity index (χ0n) is 12.2. The lowest BCUT2D eigenvalue weighted by Crippen LogP contribution is -2.12. The van der Waals surface area contributed by atoms with Crippen LogP contribution in [0.2, 0.25) is 0 Å². The smallest absolute Gasteiger partial charge is 0.337 e. The molecule has 1 amide bonds. The molecule has 1 aromatic carbocycles. The van der Waals surface area contributed by atoms with Crippen LogP contribution < -0.4 is 4.80 Å². The number of benzene rings is 1. The predicted molar refractivity (Wildman–Crippen MR) is 94.0 cm³/mol. The van der Waals surface area contributed by atoms with Crippen LogP contribution in [0, 0.1) is 0 Å². The fraction of sp³-hybridized carbons (Fsp3) is 0.133. The molecule has 23 heavy (non-hydrogen) atoms. The number of aromatic nitrogens is 1. The Balaban J connectivity index is 2.07. The second-order valence-electron chi connectivity index (χ2n) is 4.64. The van der Waals surface area contributed by atoms with Gasteiger partial charge in [0.15, 0.2) is 4.80 Å². The molecule has 3 aromatic rings. The predicted octanol–water partition coefficient (Wildman–Crippen LogP) is 3.59. The van der Waals surface area contributed by atoms with Crippen molar-refractivity contribution in [1.29, 1.82) is 0 Å². The molecule has 0 saturated heterocycles. The molecule has 0 aliphatic heterocycles. The van der Waals surface area contributed by atoms with Crippen molar-refractivity contribution in [1.82, 2.24) is 4.57 Å². The van der Waals surface area contributed by atoms with Crippen LogP contribution in [-0.2, 0) is 11.8 Å². The number of nitrogens with zero attached hydrogens (tertiary/aromatic N) is 2. The van der Waals surface area contributed by atoms with E-state index in [4.69, 9.17) is 4.74 Å². The number of hydrogen-bond acceptors (Lipinski definition) is 5. The van der Waals surface area contributed by atoms with Gasteiger partial charge in [0.1, 0.15) is 0 Å². The Labute approximate surface area is 148 Å². The first-order chi connectivity index (χ1) is 11.0. The van der Waals surface area contributed by atoms with Gasteiger partial charge in [-0.1, -0.05) is 11.3 Å². The second kappa shape index (κ2) is 6.38. The molecule has 0 spiro atoms. The molecule has 0 aliphatic carbocycles. The first-order valence-electron chi connectivity index (χ1n) is 6.52. The Kier molecular flexibility index (Phi) is 4.47. The molecule has 5 nitrogen and oxygen atoms in total. The number of methoxy groups -OCH3 is 1. The van der Waals surface area contributed by atoms with Gasteiger partial charge >= 0.3 is 5.97 Å². The van der Waals surface area contributed by atoms with Gasteiger partial charge in [0.2, 0.25) is 0 Å². The number of esters is 1. The number of carbonyl (C=O) groups excluding carboxylic acids is 2. The Hall–Kier alpha value is -1.77. The number of thiazole rings is 1. The topological polar surface area (TPSA) is 60.7 Å². The molecule has 0 atom stereocenters. The van der Waals surface area contributed by atoms with Crippen LogP contribution in [0.15, 0.2) is 39.1 Å². The Morgan fingerprint density at radius 1 is 1.22 bits per heavy atom. The zero-order chi connectivity index (χ0) is 16.6. The highest BCUT2D eigenvalue weighted by Gasteiger charge is 2.11. The van der Waals surface area contributed by atoms with E-state index < -0.39 is 0 Å². The number of fused-ring (bicyclic) bond motifs is 1. The van der Waals surface area contributed by atoms with Crippen LogP contribution in [0.4, 0.5) is 0 Å². The molecule has 0 aliphatic rings. The molecular formula is C15H11BrN2O3S2. The van der Waals surface area contributed by atoms with Crippen LogP contribution in [0.5, 0.6) is 0 Å². The van der Waals surface area contributed by atoms with Gasteiger partial charge in [0.05, 0.1) is 31.6 Å². The summed E-state index contributed by atoms with van der Waals surface area (Å²) in [5.41, 5.74) is 1.38. The molecule has 0 radical (unpaired) electrons. The maximum absolute atomic E-state index is 12.2. The van der Waals surface area contributed by atoms with Gasteiger partial charge in [-0.2, -0.15) is 4.99 Å². The average Bonchev–Trinajstić information content (AvgIpc) is 3.11. The van der Waals surface area contributed by atoms with Crippen molar-refractivity contribution in [3.8, 4) is 0 Å². The van der Waals surface area contributed by atoms with Gasteiger partial charge in [-0.25, -0.2) is 4.79 Å². The molecule has 2 aromatic heterocycles. The van der Waals surface area contributed by atoms with Crippen LogP contribution in [-0.4, -0.2) is 23.6 Å². The van der Waals surface area contributed by atoms with Gasteiger partial charge in [-0.05, 0) is 46.3 Å². The molecule has 0 fully saturated rings. The first kappa shape index (κ1) is 16.1. The van der Waals surface area contributed by atoms with Crippen molar-refractivity contribution in [2.75, 3.05) is 7.11 Å². The summed E-state index contributed by atoms with van der Waals surface area (Å²) in [5, 5.41) is 0. The van der Waals surface area contributed by atoms with Gasteiger partial charge in [0, 0.05) is 7.05 Å². The molecular weight excluding hydrogens is 400 g/mol. The third-order valence-electron chi connectivity index (χ3n) is 3.21. The molecule has 0 saturated carbocycles. The number of amides is 1. The average molecular weight is 411 g/mol. The van der Waals surface area contributed by atoms with E-state index in [9.17, 15) is 9.59 Å². The zero-order valence-corrected chi connectivity index (χ0v) is 15.4. The third kappa shape index (κ3) is 3.15. The minimum atomic E-state index is -0.388. The van der Waals surface area contributed by atoms with E-state index in [1.807, 2.05) is 23.7 Å². The van der Waals surface area contributed by atoms with Crippen molar-refractivity contribution in [3.63, 3.8) is 0 Å². The highest BCUT2D eigenvalue weighted by Crippen LogP contribution is 2.23. The maximum atomic E-state index is 12.2. The standard InChI is InChI=1S/C15H11BrN2O3S2/c1-18-9-4-3-8(14(20)21-2)7-11(9)23-15(18)17-13(19)10-5-6-12(16)22-10/h3-7H,1-2H3. The Morgan fingerprint density at radius 2 is 2.00 bits per heavy atom. The lowest BCUT2D eigenvalue weighted by molar-refractivity contribution is 0.0601. The minimum absolute atomic E-state index is 0.281. The van der Waals surface area contributed by atoms with Crippen molar-refractivity contribution in [2.24, 2.45) is 12.0 Å². The third-order valence-corrected chi connectivity index (χ3v) is 5.92. The molecule has 2 heterocycles. The molecule has 3 rings (SSSR count). The summed E-state index contributed by atoms with van der Waals surface area (Å²) in [6.45, 7) is 0. The molecule has 0 N–H and O–H groups in total. The number of rotatable bonds is 2. The number of aryl methyl sites for hydroxylation is 1. The number of hydrogen-bond donors (Lipinski definition) is 0. The molecule has 118 valence electrons. The van der Waals surface area contributed by atoms with Crippen molar-refractivity contribution in [3.05, 3.63) is 49.4 Å². The summed E-state index contributed by atoms with van der Waals surface area (Å²) in [4.78, 5) is 29.2. The number of carbonyl (C=O) groups is 2. The van der Waals surface area contributed by atoms with E-state index >= 15 is 0 Å². The first-order valence-corrected chi connectivity index (χ1v) is 8.94. The lowest BCUT2D eigenvalue weighted by atomic mass is 10.2. The van der Waals surface area contributed by atoms with Crippen LogP contribution in [0.25, 0.3) is 10.2 Å². The fourth-order valence-electron chi connectivity index (χ4n) is 2.06. The van der Waals surface area contributed by atoms with E-state index in [2.05, 4.69) is 20.9 Å². The van der Waals surface area contributed by atoms with Gasteiger partial charge in [-0.3, -0.25) is 4.79 Å². The van der Waals surface area contributed by atoms with Gasteiger partial charge in [0.25, 0.3) is 5.91 Å². The SMILES string of the molecule is COC(=O)c1ccc2c(c1)sc(=NC(=O)c1ccc(Br)s1)n2C. The highest BCUT2D eigenvalue weighted by atomic mass is 79.9. The second-order valence-corrected chi connectivity index (χ2v) is 8.11. The Morgan fingerprint density at radius 3 is 2.65 bits per heavy atom. The number of thiophene rings is 1. The van der Waals surface area contributed by atoms with Gasteiger partial charge < -0.3 is 9.30 Å². The molecule has 8 heteroatoms. The summed E-state index contributed by atoms with van der Waals surface area (Å²) >= 11 is 6.04. The molecule has 0 unspecified atom stereocenters. The van der Waals surface area contributed by atoms with E-state index in [-0.39, 0.29) is 11.9 Å². The number of halogens is 1. The summed E-state index contributed by atoms with van der Waals surface area (Å²) in [6, 6.07) is 8.83. The van der Waals surface area contributed by atoms with Crippen molar-refractivity contribution >= 4 is 60.7 Å². The molecule has 0 bridgehead atoms. The largest absolute Gasteiger partial charge is 0.465 e. The number of ether oxygens (including phenoxy) is 1. The quantitative estimate of drug-likeness (QED) is 0.606.